The molecule has 1 aromatic carbocycles. The van der Waals surface area contributed by atoms with Crippen LogP contribution in [-0.2, 0) is 4.79 Å². The van der Waals surface area contributed by atoms with Crippen molar-refractivity contribution in [2.45, 2.75) is 38.3 Å². The van der Waals surface area contributed by atoms with Crippen LogP contribution in [0.15, 0.2) is 18.2 Å². The van der Waals surface area contributed by atoms with Crippen LogP contribution in [0.4, 0.5) is 8.78 Å². The minimum atomic E-state index is -0.892. The first-order chi connectivity index (χ1) is 9.77. The van der Waals surface area contributed by atoms with Crippen LogP contribution in [0.1, 0.15) is 26.7 Å². The number of halogens is 2. The summed E-state index contributed by atoms with van der Waals surface area (Å²) < 4.78 is 31.9. The largest absolute Gasteiger partial charge is 0.487 e. The molecule has 0 aromatic heterocycles. The fourth-order valence-corrected chi connectivity index (χ4v) is 2.33. The number of nitrogens with two attached hydrogens (primary N) is 1. The fraction of sp³-hybridized carbons (Fsp3) is 0.533. The summed E-state index contributed by atoms with van der Waals surface area (Å²) in [5, 5.41) is 0. The van der Waals surface area contributed by atoms with Gasteiger partial charge in [0.05, 0.1) is 5.54 Å². The third kappa shape index (κ3) is 3.91. The van der Waals surface area contributed by atoms with E-state index in [4.69, 9.17) is 10.5 Å². The molecule has 1 aromatic rings. The molecule has 1 saturated heterocycles. The first-order valence-corrected chi connectivity index (χ1v) is 6.97. The van der Waals surface area contributed by atoms with Gasteiger partial charge in [-0.05, 0) is 26.0 Å². The number of rotatable bonds is 3. The number of hydrogen-bond donors (Lipinski definition) is 1. The van der Waals surface area contributed by atoms with E-state index in [1.165, 1.54) is 6.07 Å². The average Bonchev–Trinajstić information content (AvgIpc) is 2.41. The van der Waals surface area contributed by atoms with Crippen LogP contribution in [0.5, 0.6) is 5.75 Å². The van der Waals surface area contributed by atoms with Crippen molar-refractivity contribution >= 4 is 5.91 Å². The number of amides is 1. The topological polar surface area (TPSA) is 55.6 Å². The summed E-state index contributed by atoms with van der Waals surface area (Å²) in [5.74, 6) is -1.41. The molecule has 1 aliphatic heterocycles. The third-order valence-electron chi connectivity index (χ3n) is 3.47. The van der Waals surface area contributed by atoms with E-state index in [0.717, 1.165) is 12.1 Å². The molecular formula is C15H20F2N2O2. The highest BCUT2D eigenvalue weighted by Crippen LogP contribution is 2.23. The van der Waals surface area contributed by atoms with E-state index in [1.54, 1.807) is 18.7 Å². The quantitative estimate of drug-likeness (QED) is 0.929. The molecule has 0 aliphatic carbocycles. The van der Waals surface area contributed by atoms with Crippen LogP contribution in [0.3, 0.4) is 0 Å². The predicted molar refractivity (Wildman–Crippen MR) is 74.9 cm³/mol. The molecule has 2 rings (SSSR count). The minimum Gasteiger partial charge on any atom is -0.487 e. The van der Waals surface area contributed by atoms with E-state index in [-0.39, 0.29) is 17.8 Å². The molecule has 0 radical (unpaired) electrons. The van der Waals surface area contributed by atoms with Crippen molar-refractivity contribution in [3.05, 3.63) is 29.8 Å². The lowest BCUT2D eigenvalue weighted by Crippen LogP contribution is -2.54. The summed E-state index contributed by atoms with van der Waals surface area (Å²) in [6, 6.07) is 3.24. The number of carbonyl (C=O) groups excluding carboxylic acids is 1. The Kier molecular flexibility index (Phi) is 4.46. The van der Waals surface area contributed by atoms with Crippen LogP contribution in [-0.4, -0.2) is 35.5 Å². The Labute approximate surface area is 122 Å². The number of ether oxygens (including phenoxy) is 1. The van der Waals surface area contributed by atoms with E-state index in [2.05, 4.69) is 0 Å². The molecule has 0 unspecified atom stereocenters. The lowest BCUT2D eigenvalue weighted by molar-refractivity contribution is -0.137. The Bertz CT molecular complexity index is 521. The smallest absolute Gasteiger partial charge is 0.242 e. The highest BCUT2D eigenvalue weighted by Gasteiger charge is 2.31. The molecule has 6 heteroatoms. The second kappa shape index (κ2) is 5.97. The van der Waals surface area contributed by atoms with E-state index >= 15 is 0 Å². The van der Waals surface area contributed by atoms with Gasteiger partial charge in [0.2, 0.25) is 5.91 Å². The SMILES string of the molecule is CC(C)(N)C(=O)N1CCC(Oc2ccc(F)cc2F)CC1. The lowest BCUT2D eigenvalue weighted by atomic mass is 10.0. The molecular weight excluding hydrogens is 278 g/mol. The molecule has 4 nitrogen and oxygen atoms in total. The van der Waals surface area contributed by atoms with Gasteiger partial charge < -0.3 is 15.4 Å². The summed E-state index contributed by atoms with van der Waals surface area (Å²) in [6.07, 6.45) is 1.01. The Balaban J connectivity index is 1.91. The van der Waals surface area contributed by atoms with Crippen molar-refractivity contribution < 1.29 is 18.3 Å². The Morgan fingerprint density at radius 1 is 1.33 bits per heavy atom. The van der Waals surface area contributed by atoms with Gasteiger partial charge in [0.1, 0.15) is 11.9 Å². The zero-order chi connectivity index (χ0) is 15.6. The average molecular weight is 298 g/mol. The van der Waals surface area contributed by atoms with Crippen molar-refractivity contribution in [2.75, 3.05) is 13.1 Å². The molecule has 0 saturated carbocycles. The Morgan fingerprint density at radius 3 is 2.48 bits per heavy atom. The van der Waals surface area contributed by atoms with Gasteiger partial charge in [-0.1, -0.05) is 0 Å². The zero-order valence-electron chi connectivity index (χ0n) is 12.2. The standard InChI is InChI=1S/C15H20F2N2O2/c1-15(2,18)14(20)19-7-5-11(6-8-19)21-13-4-3-10(16)9-12(13)17/h3-4,9,11H,5-8,18H2,1-2H3. The monoisotopic (exact) mass is 298 g/mol. The van der Waals surface area contributed by atoms with Crippen LogP contribution in [0.2, 0.25) is 0 Å². The van der Waals surface area contributed by atoms with E-state index in [1.807, 2.05) is 0 Å². The van der Waals surface area contributed by atoms with Gasteiger partial charge in [0, 0.05) is 32.0 Å². The van der Waals surface area contributed by atoms with E-state index < -0.39 is 17.2 Å². The van der Waals surface area contributed by atoms with Crippen molar-refractivity contribution in [1.29, 1.82) is 0 Å². The van der Waals surface area contributed by atoms with Gasteiger partial charge in [0.25, 0.3) is 0 Å². The lowest BCUT2D eigenvalue weighted by Gasteiger charge is -2.35. The first-order valence-electron chi connectivity index (χ1n) is 6.97. The van der Waals surface area contributed by atoms with Crippen LogP contribution in [0.25, 0.3) is 0 Å². The highest BCUT2D eigenvalue weighted by atomic mass is 19.1. The maximum Gasteiger partial charge on any atom is 0.242 e. The first kappa shape index (κ1) is 15.7. The molecule has 116 valence electrons. The third-order valence-corrected chi connectivity index (χ3v) is 3.47. The maximum absolute atomic E-state index is 13.5. The zero-order valence-corrected chi connectivity index (χ0v) is 12.2. The molecule has 2 N–H and O–H groups in total. The van der Waals surface area contributed by atoms with Crippen LogP contribution >= 0.6 is 0 Å². The summed E-state index contributed by atoms with van der Waals surface area (Å²) >= 11 is 0. The van der Waals surface area contributed by atoms with Crippen LogP contribution in [0, 0.1) is 11.6 Å². The number of nitrogens with zero attached hydrogens (tertiary/aromatic N) is 1. The molecule has 1 heterocycles. The number of carbonyl (C=O) groups is 1. The van der Waals surface area contributed by atoms with Crippen LogP contribution < -0.4 is 10.5 Å². The molecule has 0 atom stereocenters. The second-order valence-corrected chi connectivity index (χ2v) is 5.91. The van der Waals surface area contributed by atoms with E-state index in [0.29, 0.717) is 25.9 Å². The number of benzene rings is 1. The van der Waals surface area contributed by atoms with Gasteiger partial charge in [-0.15, -0.1) is 0 Å². The van der Waals surface area contributed by atoms with E-state index in [9.17, 15) is 13.6 Å². The summed E-state index contributed by atoms with van der Waals surface area (Å²) in [4.78, 5) is 13.7. The Hall–Kier alpha value is -1.69. The number of likely N-dealkylation sites (tertiary alicyclic amines) is 1. The number of hydrogen-bond acceptors (Lipinski definition) is 3. The molecule has 21 heavy (non-hydrogen) atoms. The highest BCUT2D eigenvalue weighted by molar-refractivity contribution is 5.85. The van der Waals surface area contributed by atoms with Gasteiger partial charge in [-0.3, -0.25) is 4.79 Å². The molecule has 1 amide bonds. The van der Waals surface area contributed by atoms with Gasteiger partial charge >= 0.3 is 0 Å². The van der Waals surface area contributed by atoms with Gasteiger partial charge in [0.15, 0.2) is 11.6 Å². The fourth-order valence-electron chi connectivity index (χ4n) is 2.33. The summed E-state index contributed by atoms with van der Waals surface area (Å²) in [6.45, 7) is 4.39. The summed E-state index contributed by atoms with van der Waals surface area (Å²) in [7, 11) is 0. The minimum absolute atomic E-state index is 0.0420. The van der Waals surface area contributed by atoms with Gasteiger partial charge in [-0.2, -0.15) is 0 Å². The maximum atomic E-state index is 13.5. The summed E-state index contributed by atoms with van der Waals surface area (Å²) in [5.41, 5.74) is 4.90. The number of piperidine rings is 1. The van der Waals surface area contributed by atoms with Crippen molar-refractivity contribution in [3.8, 4) is 5.75 Å². The molecule has 1 aliphatic rings. The molecule has 0 bridgehead atoms. The van der Waals surface area contributed by atoms with Crippen molar-refractivity contribution in [1.82, 2.24) is 4.90 Å². The van der Waals surface area contributed by atoms with Crippen molar-refractivity contribution in [2.24, 2.45) is 5.73 Å². The Morgan fingerprint density at radius 2 is 1.95 bits per heavy atom. The molecule has 1 fully saturated rings. The second-order valence-electron chi connectivity index (χ2n) is 5.91. The predicted octanol–water partition coefficient (Wildman–Crippen LogP) is 2.07. The normalized spacial score (nSPS) is 16.9. The molecule has 0 spiro atoms. The van der Waals surface area contributed by atoms with Gasteiger partial charge in [-0.25, -0.2) is 8.78 Å². The van der Waals surface area contributed by atoms with Crippen molar-refractivity contribution in [3.63, 3.8) is 0 Å².